The van der Waals surface area contributed by atoms with Crippen LogP contribution in [0.3, 0.4) is 0 Å². The van der Waals surface area contributed by atoms with Gasteiger partial charge < -0.3 is 45.2 Å². The topological polar surface area (TPSA) is 173 Å². The minimum absolute atomic E-state index is 0.0137. The van der Waals surface area contributed by atoms with Crippen LogP contribution in [-0.4, -0.2) is 85.6 Å². The van der Waals surface area contributed by atoms with Crippen molar-refractivity contribution in [1.29, 1.82) is 0 Å². The molecule has 1 saturated heterocycles. The number of likely N-dealkylation sites (tertiary alicyclic amines) is 1. The van der Waals surface area contributed by atoms with Crippen molar-refractivity contribution in [1.82, 2.24) is 9.88 Å². The minimum atomic E-state index is -3.44. The van der Waals surface area contributed by atoms with E-state index in [4.69, 9.17) is 21.4 Å². The van der Waals surface area contributed by atoms with Crippen molar-refractivity contribution in [2.24, 2.45) is 5.92 Å². The van der Waals surface area contributed by atoms with E-state index in [1.54, 1.807) is 32.2 Å². The molecule has 2 fully saturated rings. The molecule has 2 heterocycles. The first-order valence-electron chi connectivity index (χ1n) is 15.1. The predicted molar refractivity (Wildman–Crippen MR) is 166 cm³/mol. The first-order chi connectivity index (χ1) is 20.7. The van der Waals surface area contributed by atoms with E-state index in [0.29, 0.717) is 34.0 Å². The third-order valence-corrected chi connectivity index (χ3v) is 8.86. The van der Waals surface area contributed by atoms with Crippen LogP contribution in [0.2, 0.25) is 5.02 Å². The standard InChI is InChI=1S/C25H32ClN3O7.C7H14O/c1-16(31)4-5-18-12-20(14-28-17(18)2)36-25(34,35)24(32,33)29-10-8-23(15-30,9-11-29)21-13-19(26)6-7-22(21)27-3;1-2-3-6-4-7(8)5-6/h6-7,12-15,27,32-35H,4-5,8-11H2,1-3H3;6-8H,2-5H2,1H3. The Bertz CT molecular complexity index is 1270. The molecule has 0 amide bonds. The number of aliphatic hydroxyl groups excluding tert-OH is 1. The van der Waals surface area contributed by atoms with Gasteiger partial charge in [-0.15, -0.1) is 0 Å². The van der Waals surface area contributed by atoms with Crippen molar-refractivity contribution in [2.45, 2.75) is 95.5 Å². The monoisotopic (exact) mass is 635 g/mol. The number of ketones is 1. The van der Waals surface area contributed by atoms with Crippen LogP contribution in [-0.2, 0) is 21.4 Å². The molecule has 0 unspecified atom stereocenters. The van der Waals surface area contributed by atoms with Crippen molar-refractivity contribution in [2.75, 3.05) is 25.5 Å². The first kappa shape index (κ1) is 35.8. The van der Waals surface area contributed by atoms with E-state index >= 15 is 0 Å². The lowest BCUT2D eigenvalue weighted by atomic mass is 9.73. The molecule has 0 atom stereocenters. The second-order valence-corrected chi connectivity index (χ2v) is 12.4. The van der Waals surface area contributed by atoms with Gasteiger partial charge in [-0.2, -0.15) is 0 Å². The highest BCUT2D eigenvalue weighted by molar-refractivity contribution is 6.30. The summed E-state index contributed by atoms with van der Waals surface area (Å²) in [5, 5.41) is 55.0. The molecule has 0 radical (unpaired) electrons. The lowest BCUT2D eigenvalue weighted by Crippen LogP contribution is -2.69. The number of benzene rings is 1. The smallest absolute Gasteiger partial charge is 0.396 e. The van der Waals surface area contributed by atoms with E-state index < -0.39 is 17.3 Å². The van der Waals surface area contributed by atoms with Gasteiger partial charge in [0.25, 0.3) is 0 Å². The Morgan fingerprint density at radius 1 is 1.20 bits per heavy atom. The Morgan fingerprint density at radius 3 is 2.41 bits per heavy atom. The van der Waals surface area contributed by atoms with Gasteiger partial charge in [0.05, 0.1) is 17.7 Å². The number of piperidine rings is 1. The van der Waals surface area contributed by atoms with E-state index in [0.717, 1.165) is 29.9 Å². The molecule has 44 heavy (non-hydrogen) atoms. The van der Waals surface area contributed by atoms with E-state index in [-0.39, 0.29) is 50.0 Å². The quantitative estimate of drug-likeness (QED) is 0.149. The summed E-state index contributed by atoms with van der Waals surface area (Å²) in [6, 6.07) is 6.63. The highest BCUT2D eigenvalue weighted by atomic mass is 35.5. The summed E-state index contributed by atoms with van der Waals surface area (Å²) in [4.78, 5) is 28.7. The molecule has 4 rings (SSSR count). The number of hydrogen-bond acceptors (Lipinski definition) is 11. The number of ether oxygens (including phenoxy) is 1. The van der Waals surface area contributed by atoms with Crippen LogP contribution < -0.4 is 10.1 Å². The minimum Gasteiger partial charge on any atom is -0.433 e. The summed E-state index contributed by atoms with van der Waals surface area (Å²) in [7, 11) is 1.72. The Morgan fingerprint density at radius 2 is 1.86 bits per heavy atom. The molecule has 244 valence electrons. The highest BCUT2D eigenvalue weighted by Gasteiger charge is 2.57. The summed E-state index contributed by atoms with van der Waals surface area (Å²) in [5.41, 5.74) is 1.71. The molecule has 2 aliphatic rings. The maximum Gasteiger partial charge on any atom is 0.396 e. The Labute approximate surface area is 263 Å². The third kappa shape index (κ3) is 8.54. The van der Waals surface area contributed by atoms with E-state index in [9.17, 15) is 30.0 Å². The second-order valence-electron chi connectivity index (χ2n) is 11.9. The number of aryl methyl sites for hydroxylation is 2. The number of nitrogens with one attached hydrogen (secondary N) is 1. The number of carbonyl (C=O) groups excluding carboxylic acids is 2. The summed E-state index contributed by atoms with van der Waals surface area (Å²) in [5.74, 6) is -5.93. The average molecular weight is 636 g/mol. The van der Waals surface area contributed by atoms with Crippen LogP contribution in [0.4, 0.5) is 5.69 Å². The van der Waals surface area contributed by atoms with Crippen LogP contribution in [0, 0.1) is 12.8 Å². The lowest BCUT2D eigenvalue weighted by molar-refractivity contribution is -0.476. The molecule has 1 aromatic heterocycles. The molecule has 1 aliphatic heterocycles. The Kier molecular flexibility index (Phi) is 12.3. The zero-order valence-electron chi connectivity index (χ0n) is 25.9. The number of nitrogens with zero attached hydrogens (tertiary/aromatic N) is 2. The summed E-state index contributed by atoms with van der Waals surface area (Å²) >= 11 is 6.17. The Balaban J connectivity index is 0.000000572. The molecule has 1 saturated carbocycles. The zero-order chi connectivity index (χ0) is 32.7. The fourth-order valence-corrected chi connectivity index (χ4v) is 5.95. The molecule has 11 nitrogen and oxygen atoms in total. The van der Waals surface area contributed by atoms with E-state index in [1.807, 2.05) is 0 Å². The van der Waals surface area contributed by atoms with Crippen LogP contribution in [0.15, 0.2) is 30.5 Å². The normalized spacial score (nSPS) is 20.1. The van der Waals surface area contributed by atoms with E-state index in [2.05, 4.69) is 17.2 Å². The molecule has 12 heteroatoms. The van der Waals surface area contributed by atoms with Gasteiger partial charge in [0.2, 0.25) is 0 Å². The summed E-state index contributed by atoms with van der Waals surface area (Å²) in [6.07, 6.45) is 7.76. The number of aromatic nitrogens is 1. The SMILES string of the molecule is CCCC1CC(O)C1.CNc1ccc(Cl)cc1C1(C=O)CCN(C(O)(O)C(O)(O)Oc2cnc(C)c(CCC(C)=O)c2)CC1. The van der Waals surface area contributed by atoms with Gasteiger partial charge in [0.1, 0.15) is 17.8 Å². The van der Waals surface area contributed by atoms with Crippen molar-refractivity contribution < 1.29 is 39.9 Å². The molecule has 0 spiro atoms. The van der Waals surface area contributed by atoms with Gasteiger partial charge >= 0.3 is 11.9 Å². The summed E-state index contributed by atoms with van der Waals surface area (Å²) in [6.45, 7) is 5.27. The number of halogens is 1. The van der Waals surface area contributed by atoms with Gasteiger partial charge in [-0.1, -0.05) is 31.4 Å². The number of aliphatic hydroxyl groups is 5. The maximum atomic E-state index is 12.2. The van der Waals surface area contributed by atoms with Crippen molar-refractivity contribution >= 4 is 29.4 Å². The maximum absolute atomic E-state index is 12.2. The van der Waals surface area contributed by atoms with Crippen molar-refractivity contribution in [3.05, 3.63) is 52.3 Å². The number of pyridine rings is 1. The number of carbonyl (C=O) groups is 2. The van der Waals surface area contributed by atoms with Crippen molar-refractivity contribution in [3.8, 4) is 5.75 Å². The highest BCUT2D eigenvalue weighted by Crippen LogP contribution is 2.41. The fourth-order valence-electron chi connectivity index (χ4n) is 5.77. The lowest BCUT2D eigenvalue weighted by Gasteiger charge is -2.46. The number of aldehydes is 1. The zero-order valence-corrected chi connectivity index (χ0v) is 26.7. The fraction of sp³-hybridized carbons (Fsp3) is 0.594. The molecule has 1 aliphatic carbocycles. The van der Waals surface area contributed by atoms with Crippen molar-refractivity contribution in [3.63, 3.8) is 0 Å². The van der Waals surface area contributed by atoms with Crippen LogP contribution >= 0.6 is 11.6 Å². The molecular formula is C32H46ClN3O8. The number of anilines is 1. The van der Waals surface area contributed by atoms with Crippen LogP contribution in [0.5, 0.6) is 5.75 Å². The van der Waals surface area contributed by atoms with Gasteiger partial charge in [-0.3, -0.25) is 4.98 Å². The molecule has 1 aromatic carbocycles. The Hall–Kier alpha value is -2.64. The van der Waals surface area contributed by atoms with Crippen LogP contribution in [0.1, 0.15) is 75.6 Å². The van der Waals surface area contributed by atoms with Gasteiger partial charge in [0, 0.05) is 43.0 Å². The predicted octanol–water partition coefficient (Wildman–Crippen LogP) is 3.05. The van der Waals surface area contributed by atoms with Gasteiger partial charge in [-0.05, 0) is 87.3 Å². The van der Waals surface area contributed by atoms with Crippen LogP contribution in [0.25, 0.3) is 0 Å². The molecular weight excluding hydrogens is 590 g/mol. The van der Waals surface area contributed by atoms with E-state index in [1.165, 1.54) is 32.0 Å². The average Bonchev–Trinajstić information content (AvgIpc) is 2.96. The molecule has 0 bridgehead atoms. The number of hydrogen-bond donors (Lipinski definition) is 6. The summed E-state index contributed by atoms with van der Waals surface area (Å²) < 4.78 is 5.16. The largest absolute Gasteiger partial charge is 0.433 e. The molecule has 6 N–H and O–H groups in total. The number of Topliss-reactive ketones (excluding diaryl/α,β-unsaturated/α-hetero) is 1. The number of rotatable bonds is 12. The molecule has 2 aromatic rings. The third-order valence-electron chi connectivity index (χ3n) is 8.63. The first-order valence-corrected chi connectivity index (χ1v) is 15.5. The second kappa shape index (κ2) is 15.1. The van der Waals surface area contributed by atoms with Gasteiger partial charge in [-0.25, -0.2) is 4.90 Å². The van der Waals surface area contributed by atoms with Gasteiger partial charge in [0.15, 0.2) is 0 Å².